The Balaban J connectivity index is 2.33. The van der Waals surface area contributed by atoms with Gasteiger partial charge in [-0.25, -0.2) is 12.4 Å². The number of hydrogen-bond acceptors (Lipinski definition) is 5. The van der Waals surface area contributed by atoms with Gasteiger partial charge in [0.15, 0.2) is 0 Å². The SMILES string of the molecule is Cc1ccc(S(=O)(=O)n2c(C)cc3c(CC#N)c([N+](=O)[O-])ccc32)cc1. The van der Waals surface area contributed by atoms with Crippen LogP contribution < -0.4 is 0 Å². The minimum atomic E-state index is -3.87. The van der Waals surface area contributed by atoms with Crippen molar-refractivity contribution >= 4 is 26.6 Å². The van der Waals surface area contributed by atoms with Gasteiger partial charge in [0.1, 0.15) is 0 Å². The third-order valence-corrected chi connectivity index (χ3v) is 6.05. The maximum Gasteiger partial charge on any atom is 0.274 e. The van der Waals surface area contributed by atoms with Crippen molar-refractivity contribution in [3.05, 3.63) is 69.4 Å². The number of rotatable bonds is 4. The lowest BCUT2D eigenvalue weighted by atomic mass is 10.1. The molecule has 1 aromatic heterocycles. The Morgan fingerprint density at radius 3 is 2.38 bits per heavy atom. The first-order valence-electron chi connectivity index (χ1n) is 7.75. The zero-order valence-electron chi connectivity index (χ0n) is 14.1. The second-order valence-electron chi connectivity index (χ2n) is 5.96. The van der Waals surface area contributed by atoms with E-state index in [4.69, 9.17) is 5.26 Å². The number of benzene rings is 2. The number of nitriles is 1. The molecule has 3 aromatic rings. The fraction of sp³-hybridized carbons (Fsp3) is 0.167. The number of aromatic nitrogens is 1. The summed E-state index contributed by atoms with van der Waals surface area (Å²) in [6.45, 7) is 3.48. The molecule has 0 radical (unpaired) electrons. The zero-order chi connectivity index (χ0) is 19.1. The summed E-state index contributed by atoms with van der Waals surface area (Å²) in [5, 5.41) is 20.7. The largest absolute Gasteiger partial charge is 0.274 e. The van der Waals surface area contributed by atoms with Gasteiger partial charge in [0.25, 0.3) is 15.7 Å². The zero-order valence-corrected chi connectivity index (χ0v) is 14.9. The van der Waals surface area contributed by atoms with Crippen molar-refractivity contribution in [2.75, 3.05) is 0 Å². The summed E-state index contributed by atoms with van der Waals surface area (Å²) >= 11 is 0. The molecule has 1 heterocycles. The molecule has 0 aliphatic carbocycles. The Labute approximate surface area is 150 Å². The van der Waals surface area contributed by atoms with Crippen molar-refractivity contribution in [3.63, 3.8) is 0 Å². The fourth-order valence-electron chi connectivity index (χ4n) is 3.01. The summed E-state index contributed by atoms with van der Waals surface area (Å²) in [7, 11) is -3.87. The lowest BCUT2D eigenvalue weighted by Gasteiger charge is -2.10. The predicted molar refractivity (Wildman–Crippen MR) is 96.4 cm³/mol. The molecule has 3 rings (SSSR count). The lowest BCUT2D eigenvalue weighted by Crippen LogP contribution is -2.14. The monoisotopic (exact) mass is 369 g/mol. The second kappa shape index (κ2) is 6.28. The average Bonchev–Trinajstić information content (AvgIpc) is 2.92. The van der Waals surface area contributed by atoms with E-state index < -0.39 is 14.9 Å². The smallest absolute Gasteiger partial charge is 0.258 e. The molecule has 0 spiro atoms. The molecular formula is C18H15N3O4S. The van der Waals surface area contributed by atoms with E-state index in [1.54, 1.807) is 25.1 Å². The van der Waals surface area contributed by atoms with Crippen LogP contribution in [-0.2, 0) is 16.4 Å². The van der Waals surface area contributed by atoms with E-state index in [2.05, 4.69) is 0 Å². The van der Waals surface area contributed by atoms with E-state index in [1.165, 1.54) is 24.3 Å². The maximum atomic E-state index is 13.1. The Morgan fingerprint density at radius 1 is 1.15 bits per heavy atom. The standard InChI is InChI=1S/C18H15N3O4S/c1-12-3-5-14(6-4-12)26(24,25)20-13(2)11-16-15(9-10-19)18(21(22)23)8-7-17(16)20/h3-8,11H,9H2,1-2H3. The highest BCUT2D eigenvalue weighted by Gasteiger charge is 2.25. The molecule has 0 atom stereocenters. The molecule has 0 N–H and O–H groups in total. The van der Waals surface area contributed by atoms with Crippen LogP contribution in [0.5, 0.6) is 0 Å². The van der Waals surface area contributed by atoms with Gasteiger partial charge < -0.3 is 0 Å². The molecule has 2 aromatic carbocycles. The van der Waals surface area contributed by atoms with Crippen LogP contribution in [0.25, 0.3) is 10.9 Å². The van der Waals surface area contributed by atoms with E-state index >= 15 is 0 Å². The Hall–Kier alpha value is -3.18. The topological polar surface area (TPSA) is 106 Å². The molecule has 0 fully saturated rings. The van der Waals surface area contributed by atoms with Crippen LogP contribution in [0.2, 0.25) is 0 Å². The van der Waals surface area contributed by atoms with E-state index in [0.717, 1.165) is 9.54 Å². The Bertz CT molecular complexity index is 1170. The number of hydrogen-bond donors (Lipinski definition) is 0. The molecule has 7 nitrogen and oxygen atoms in total. The molecule has 0 amide bonds. The van der Waals surface area contributed by atoms with Gasteiger partial charge in [-0.15, -0.1) is 0 Å². The van der Waals surface area contributed by atoms with Gasteiger partial charge in [-0.05, 0) is 38.1 Å². The van der Waals surface area contributed by atoms with E-state index in [-0.39, 0.29) is 22.6 Å². The third-order valence-electron chi connectivity index (χ3n) is 4.21. The molecule has 8 heteroatoms. The number of aryl methyl sites for hydroxylation is 2. The molecule has 0 saturated carbocycles. The summed E-state index contributed by atoms with van der Waals surface area (Å²) in [6.07, 6.45) is -0.179. The van der Waals surface area contributed by atoms with Crippen molar-refractivity contribution in [2.24, 2.45) is 0 Å². The van der Waals surface area contributed by atoms with Crippen LogP contribution in [0.4, 0.5) is 5.69 Å². The van der Waals surface area contributed by atoms with Gasteiger partial charge in [-0.3, -0.25) is 10.1 Å². The van der Waals surface area contributed by atoms with Crippen LogP contribution in [0.15, 0.2) is 47.4 Å². The molecular weight excluding hydrogens is 354 g/mol. The van der Waals surface area contributed by atoms with Gasteiger partial charge in [0, 0.05) is 17.1 Å². The Kier molecular flexibility index (Phi) is 4.26. The Morgan fingerprint density at radius 2 is 1.81 bits per heavy atom. The summed E-state index contributed by atoms with van der Waals surface area (Å²) in [5.41, 5.74) is 1.70. The van der Waals surface area contributed by atoms with Crippen LogP contribution in [-0.4, -0.2) is 17.3 Å². The van der Waals surface area contributed by atoms with E-state index in [1.807, 2.05) is 13.0 Å². The lowest BCUT2D eigenvalue weighted by molar-refractivity contribution is -0.385. The van der Waals surface area contributed by atoms with Crippen molar-refractivity contribution in [1.29, 1.82) is 5.26 Å². The van der Waals surface area contributed by atoms with E-state index in [9.17, 15) is 18.5 Å². The van der Waals surface area contributed by atoms with Crippen molar-refractivity contribution < 1.29 is 13.3 Å². The average molecular weight is 369 g/mol. The first-order chi connectivity index (χ1) is 12.3. The highest BCUT2D eigenvalue weighted by Crippen LogP contribution is 2.33. The minimum absolute atomic E-state index is 0.129. The molecule has 0 unspecified atom stereocenters. The van der Waals surface area contributed by atoms with Crippen LogP contribution in [0.1, 0.15) is 16.8 Å². The van der Waals surface area contributed by atoms with Gasteiger partial charge in [0.05, 0.1) is 33.4 Å². The number of nitrogens with zero attached hydrogens (tertiary/aromatic N) is 3. The maximum absolute atomic E-state index is 13.1. The molecule has 0 aliphatic rings. The minimum Gasteiger partial charge on any atom is -0.258 e. The van der Waals surface area contributed by atoms with Gasteiger partial charge >= 0.3 is 0 Å². The van der Waals surface area contributed by atoms with Crippen molar-refractivity contribution in [1.82, 2.24) is 3.97 Å². The van der Waals surface area contributed by atoms with Gasteiger partial charge in [-0.1, -0.05) is 17.7 Å². The van der Waals surface area contributed by atoms with Crippen molar-refractivity contribution in [3.8, 4) is 6.07 Å². The molecule has 0 aliphatic heterocycles. The third kappa shape index (κ3) is 2.72. The quantitative estimate of drug-likeness (QED) is 0.517. The highest BCUT2D eigenvalue weighted by atomic mass is 32.2. The summed E-state index contributed by atoms with van der Waals surface area (Å²) in [4.78, 5) is 10.8. The fourth-order valence-corrected chi connectivity index (χ4v) is 4.55. The van der Waals surface area contributed by atoms with Crippen LogP contribution in [0.3, 0.4) is 0 Å². The number of nitro groups is 1. The summed E-state index contributed by atoms with van der Waals surface area (Å²) < 4.78 is 27.4. The first-order valence-corrected chi connectivity index (χ1v) is 9.19. The summed E-state index contributed by atoms with van der Waals surface area (Å²) in [6, 6.07) is 12.6. The van der Waals surface area contributed by atoms with Crippen LogP contribution >= 0.6 is 0 Å². The first kappa shape index (κ1) is 17.6. The molecule has 132 valence electrons. The normalized spacial score (nSPS) is 11.4. The number of fused-ring (bicyclic) bond motifs is 1. The molecule has 0 bridgehead atoms. The molecule has 26 heavy (non-hydrogen) atoms. The van der Waals surface area contributed by atoms with E-state index in [0.29, 0.717) is 16.6 Å². The van der Waals surface area contributed by atoms with Gasteiger partial charge in [-0.2, -0.15) is 5.26 Å². The summed E-state index contributed by atoms with van der Waals surface area (Å²) in [5.74, 6) is 0. The molecule has 0 saturated heterocycles. The van der Waals surface area contributed by atoms with Gasteiger partial charge in [0.2, 0.25) is 0 Å². The highest BCUT2D eigenvalue weighted by molar-refractivity contribution is 7.90. The van der Waals surface area contributed by atoms with Crippen LogP contribution in [0, 0.1) is 35.3 Å². The predicted octanol–water partition coefficient (Wildman–Crippen LogP) is 3.47. The van der Waals surface area contributed by atoms with Crippen molar-refractivity contribution in [2.45, 2.75) is 25.2 Å². The second-order valence-corrected chi connectivity index (χ2v) is 7.74. The number of nitro benzene ring substituents is 1.